The Morgan fingerprint density at radius 2 is 1.75 bits per heavy atom. The molecule has 0 radical (unpaired) electrons. The van der Waals surface area contributed by atoms with Gasteiger partial charge in [-0.3, -0.25) is 14.8 Å². The molecule has 1 saturated heterocycles. The van der Waals surface area contributed by atoms with E-state index in [1.807, 2.05) is 12.4 Å². The Morgan fingerprint density at radius 3 is 2.38 bits per heavy atom. The average molecular weight is 216 g/mol. The van der Waals surface area contributed by atoms with Crippen molar-refractivity contribution in [2.24, 2.45) is 0 Å². The van der Waals surface area contributed by atoms with Crippen molar-refractivity contribution in [3.63, 3.8) is 0 Å². The third-order valence-electron chi connectivity index (χ3n) is 2.91. The molecule has 1 fully saturated rings. The number of nitriles is 1. The Morgan fingerprint density at radius 1 is 1.12 bits per heavy atom. The van der Waals surface area contributed by atoms with Crippen LogP contribution in [0.3, 0.4) is 0 Å². The summed E-state index contributed by atoms with van der Waals surface area (Å²) < 4.78 is 0. The molecule has 0 aliphatic carbocycles. The number of nitrogens with zero attached hydrogens (tertiary/aromatic N) is 4. The standard InChI is InChI=1S/C12H16N4/c13-3-6-15-7-9-16(10-8-15)11-12-1-4-14-5-2-12/h1-2,4-5H,6-11H2. The number of hydrogen-bond donors (Lipinski definition) is 0. The van der Waals surface area contributed by atoms with Gasteiger partial charge in [-0.2, -0.15) is 5.26 Å². The molecular weight excluding hydrogens is 200 g/mol. The zero-order valence-electron chi connectivity index (χ0n) is 9.34. The molecule has 4 nitrogen and oxygen atoms in total. The molecular formula is C12H16N4. The predicted molar refractivity (Wildman–Crippen MR) is 61.6 cm³/mol. The maximum absolute atomic E-state index is 8.61. The first-order chi connectivity index (χ1) is 7.88. The molecule has 0 N–H and O–H groups in total. The lowest BCUT2D eigenvalue weighted by atomic mass is 10.2. The maximum Gasteiger partial charge on any atom is 0.0866 e. The summed E-state index contributed by atoms with van der Waals surface area (Å²) >= 11 is 0. The summed E-state index contributed by atoms with van der Waals surface area (Å²) in [6.45, 7) is 5.64. The third kappa shape index (κ3) is 3.02. The van der Waals surface area contributed by atoms with Gasteiger partial charge in [-0.25, -0.2) is 0 Å². The SMILES string of the molecule is N#CCN1CCN(Cc2ccncc2)CC1. The minimum absolute atomic E-state index is 0.559. The van der Waals surface area contributed by atoms with Crippen molar-refractivity contribution < 1.29 is 0 Å². The van der Waals surface area contributed by atoms with Crippen LogP contribution in [0.4, 0.5) is 0 Å². The quantitative estimate of drug-likeness (QED) is 0.698. The van der Waals surface area contributed by atoms with Crippen LogP contribution < -0.4 is 0 Å². The zero-order chi connectivity index (χ0) is 11.2. The minimum atomic E-state index is 0.559. The van der Waals surface area contributed by atoms with Crippen LogP contribution in [-0.4, -0.2) is 47.5 Å². The molecule has 0 saturated carbocycles. The Labute approximate surface area is 96.1 Å². The van der Waals surface area contributed by atoms with Gasteiger partial charge in [-0.05, 0) is 17.7 Å². The predicted octanol–water partition coefficient (Wildman–Crippen LogP) is 0.723. The Hall–Kier alpha value is -1.44. The van der Waals surface area contributed by atoms with Crippen molar-refractivity contribution in [1.82, 2.24) is 14.8 Å². The van der Waals surface area contributed by atoms with Crippen LogP contribution in [-0.2, 0) is 6.54 Å². The van der Waals surface area contributed by atoms with Gasteiger partial charge in [0.2, 0.25) is 0 Å². The van der Waals surface area contributed by atoms with Crippen molar-refractivity contribution in [3.05, 3.63) is 30.1 Å². The highest BCUT2D eigenvalue weighted by molar-refractivity contribution is 5.09. The first-order valence-corrected chi connectivity index (χ1v) is 5.59. The van der Waals surface area contributed by atoms with Crippen LogP contribution in [0.25, 0.3) is 0 Å². The van der Waals surface area contributed by atoms with E-state index >= 15 is 0 Å². The van der Waals surface area contributed by atoms with Crippen molar-refractivity contribution in [1.29, 1.82) is 5.26 Å². The smallest absolute Gasteiger partial charge is 0.0866 e. The van der Waals surface area contributed by atoms with Crippen LogP contribution in [0.1, 0.15) is 5.56 Å². The van der Waals surface area contributed by atoms with E-state index in [9.17, 15) is 0 Å². The molecule has 0 amide bonds. The van der Waals surface area contributed by atoms with Gasteiger partial charge in [-0.15, -0.1) is 0 Å². The monoisotopic (exact) mass is 216 g/mol. The molecule has 0 atom stereocenters. The number of rotatable bonds is 3. The lowest BCUT2D eigenvalue weighted by Gasteiger charge is -2.33. The largest absolute Gasteiger partial charge is 0.297 e. The average Bonchev–Trinajstić information content (AvgIpc) is 2.33. The fourth-order valence-corrected chi connectivity index (χ4v) is 1.95. The van der Waals surface area contributed by atoms with E-state index in [2.05, 4.69) is 33.0 Å². The molecule has 1 aliphatic heterocycles. The van der Waals surface area contributed by atoms with Crippen LogP contribution >= 0.6 is 0 Å². The summed E-state index contributed by atoms with van der Waals surface area (Å²) in [6, 6.07) is 6.32. The van der Waals surface area contributed by atoms with Crippen molar-refractivity contribution >= 4 is 0 Å². The minimum Gasteiger partial charge on any atom is -0.297 e. The molecule has 1 aliphatic rings. The fourth-order valence-electron chi connectivity index (χ4n) is 1.95. The molecule has 1 aromatic rings. The highest BCUT2D eigenvalue weighted by atomic mass is 15.3. The van der Waals surface area contributed by atoms with Gasteiger partial charge in [0.25, 0.3) is 0 Å². The highest BCUT2D eigenvalue weighted by Crippen LogP contribution is 2.07. The zero-order valence-corrected chi connectivity index (χ0v) is 9.34. The van der Waals surface area contributed by atoms with E-state index in [1.165, 1.54) is 5.56 Å². The summed E-state index contributed by atoms with van der Waals surface area (Å²) in [5.41, 5.74) is 1.31. The second-order valence-electron chi connectivity index (χ2n) is 4.07. The third-order valence-corrected chi connectivity index (χ3v) is 2.91. The van der Waals surface area contributed by atoms with E-state index in [4.69, 9.17) is 5.26 Å². The molecule has 16 heavy (non-hydrogen) atoms. The molecule has 0 unspecified atom stereocenters. The van der Waals surface area contributed by atoms with Gasteiger partial charge in [0.15, 0.2) is 0 Å². The van der Waals surface area contributed by atoms with Crippen LogP contribution in [0.15, 0.2) is 24.5 Å². The van der Waals surface area contributed by atoms with Gasteiger partial charge in [0, 0.05) is 45.1 Å². The van der Waals surface area contributed by atoms with Gasteiger partial charge < -0.3 is 0 Å². The molecule has 2 heterocycles. The van der Waals surface area contributed by atoms with Crippen LogP contribution in [0.2, 0.25) is 0 Å². The van der Waals surface area contributed by atoms with E-state index in [1.54, 1.807) is 0 Å². The first kappa shape index (κ1) is 11.1. The van der Waals surface area contributed by atoms with Gasteiger partial charge in [0.05, 0.1) is 12.6 Å². The lowest BCUT2D eigenvalue weighted by Crippen LogP contribution is -2.45. The molecule has 0 bridgehead atoms. The second-order valence-corrected chi connectivity index (χ2v) is 4.07. The lowest BCUT2D eigenvalue weighted by molar-refractivity contribution is 0.138. The Kier molecular flexibility index (Phi) is 3.86. The summed E-state index contributed by atoms with van der Waals surface area (Å²) in [6.07, 6.45) is 3.67. The van der Waals surface area contributed by atoms with Crippen LogP contribution in [0, 0.1) is 11.3 Å². The second kappa shape index (κ2) is 5.59. The molecule has 1 aromatic heterocycles. The topological polar surface area (TPSA) is 43.2 Å². The maximum atomic E-state index is 8.61. The Balaban J connectivity index is 1.80. The first-order valence-electron chi connectivity index (χ1n) is 5.59. The number of piperazine rings is 1. The van der Waals surface area contributed by atoms with Gasteiger partial charge in [0.1, 0.15) is 0 Å². The molecule has 0 spiro atoms. The van der Waals surface area contributed by atoms with Gasteiger partial charge in [-0.1, -0.05) is 0 Å². The highest BCUT2D eigenvalue weighted by Gasteiger charge is 2.15. The molecule has 4 heteroatoms. The van der Waals surface area contributed by atoms with E-state index in [0.717, 1.165) is 32.7 Å². The normalized spacial score (nSPS) is 18.2. The Bertz CT molecular complexity index is 349. The van der Waals surface area contributed by atoms with Gasteiger partial charge >= 0.3 is 0 Å². The van der Waals surface area contributed by atoms with E-state index < -0.39 is 0 Å². The van der Waals surface area contributed by atoms with Crippen molar-refractivity contribution in [2.45, 2.75) is 6.54 Å². The van der Waals surface area contributed by atoms with Crippen molar-refractivity contribution in [3.8, 4) is 6.07 Å². The molecule has 2 rings (SSSR count). The molecule has 84 valence electrons. The van der Waals surface area contributed by atoms with Crippen molar-refractivity contribution in [2.75, 3.05) is 32.7 Å². The summed E-state index contributed by atoms with van der Waals surface area (Å²) in [4.78, 5) is 8.63. The number of hydrogen-bond acceptors (Lipinski definition) is 4. The number of pyridine rings is 1. The summed E-state index contributed by atoms with van der Waals surface area (Å²) in [5, 5.41) is 8.61. The van der Waals surface area contributed by atoms with E-state index in [-0.39, 0.29) is 0 Å². The number of aromatic nitrogens is 1. The summed E-state index contributed by atoms with van der Waals surface area (Å²) in [7, 11) is 0. The van der Waals surface area contributed by atoms with E-state index in [0.29, 0.717) is 6.54 Å². The summed E-state index contributed by atoms with van der Waals surface area (Å²) in [5.74, 6) is 0. The van der Waals surface area contributed by atoms with Crippen LogP contribution in [0.5, 0.6) is 0 Å². The molecule has 0 aromatic carbocycles. The fraction of sp³-hybridized carbons (Fsp3) is 0.500.